The average molecular weight is 437 g/mol. The molecule has 0 aliphatic carbocycles. The highest BCUT2D eigenvalue weighted by Crippen LogP contribution is 2.50. The standard InChI is InChI=1S/C16H24N2O6S3/c1-7(8(2)26-6-10(20)21)25-5-9(19)17-11-13(22)18-12(15(23)24)16(3,4)27-14(11)18/h7-8,11-12,14H,5-6H2,1-4H3,(H,17,19)(H,20,21)(H,23,24)/t7?,8?,11-,12+,14-/m1/s1. The van der Waals surface area contributed by atoms with Crippen LogP contribution in [0.15, 0.2) is 0 Å². The molecular formula is C16H24N2O6S3. The molecule has 2 rings (SSSR count). The van der Waals surface area contributed by atoms with Gasteiger partial charge < -0.3 is 20.4 Å². The van der Waals surface area contributed by atoms with Crippen molar-refractivity contribution in [2.45, 2.75) is 60.4 Å². The first kappa shape index (κ1) is 22.2. The molecule has 152 valence electrons. The predicted molar refractivity (Wildman–Crippen MR) is 107 cm³/mol. The molecule has 5 atom stereocenters. The molecule has 0 radical (unpaired) electrons. The number of hydrogen-bond donors (Lipinski definition) is 3. The number of rotatable bonds is 9. The van der Waals surface area contributed by atoms with Gasteiger partial charge in [0.15, 0.2) is 0 Å². The zero-order chi connectivity index (χ0) is 20.5. The van der Waals surface area contributed by atoms with Gasteiger partial charge in [0.1, 0.15) is 17.5 Å². The number of thioether (sulfide) groups is 3. The van der Waals surface area contributed by atoms with Crippen molar-refractivity contribution in [2.75, 3.05) is 11.5 Å². The highest BCUT2D eigenvalue weighted by Gasteiger charge is 2.64. The largest absolute Gasteiger partial charge is 0.481 e. The monoisotopic (exact) mass is 436 g/mol. The van der Waals surface area contributed by atoms with Crippen molar-refractivity contribution in [1.29, 1.82) is 0 Å². The molecule has 11 heteroatoms. The third-order valence-corrected chi connectivity index (χ3v) is 9.05. The van der Waals surface area contributed by atoms with Crippen molar-refractivity contribution in [3.8, 4) is 0 Å². The Morgan fingerprint density at radius 2 is 1.74 bits per heavy atom. The second-order valence-corrected chi connectivity index (χ2v) is 11.6. The SMILES string of the molecule is CC(SCC(=O)O)C(C)SCC(=O)N[C@@H]1C(=O)N2[C@@H]1SC(C)(C)[C@@H]2C(=O)O. The number of nitrogens with one attached hydrogen (secondary N) is 1. The highest BCUT2D eigenvalue weighted by atomic mass is 32.2. The van der Waals surface area contributed by atoms with Crippen LogP contribution in [0.3, 0.4) is 0 Å². The van der Waals surface area contributed by atoms with Gasteiger partial charge in [0, 0.05) is 15.2 Å². The van der Waals surface area contributed by atoms with Gasteiger partial charge in [0.05, 0.1) is 11.5 Å². The fraction of sp³-hybridized carbons (Fsp3) is 0.750. The summed E-state index contributed by atoms with van der Waals surface area (Å²) in [5.41, 5.74) is 0. The predicted octanol–water partition coefficient (Wildman–Crippen LogP) is 0.946. The minimum atomic E-state index is -1.04. The Bertz CT molecular complexity index is 644. The summed E-state index contributed by atoms with van der Waals surface area (Å²) in [6.07, 6.45) is 0. The lowest BCUT2D eigenvalue weighted by Gasteiger charge is -2.43. The number of fused-ring (bicyclic) bond motifs is 1. The highest BCUT2D eigenvalue weighted by molar-refractivity contribution is 8.04. The average Bonchev–Trinajstić information content (AvgIpc) is 2.83. The fourth-order valence-electron chi connectivity index (χ4n) is 3.04. The Morgan fingerprint density at radius 3 is 2.26 bits per heavy atom. The van der Waals surface area contributed by atoms with Crippen LogP contribution in [0.2, 0.25) is 0 Å². The van der Waals surface area contributed by atoms with E-state index in [-0.39, 0.29) is 39.2 Å². The molecule has 27 heavy (non-hydrogen) atoms. The van der Waals surface area contributed by atoms with Gasteiger partial charge in [-0.05, 0) is 13.8 Å². The summed E-state index contributed by atoms with van der Waals surface area (Å²) in [5.74, 6) is -2.37. The minimum Gasteiger partial charge on any atom is -0.481 e. The van der Waals surface area contributed by atoms with Gasteiger partial charge in [-0.3, -0.25) is 14.4 Å². The van der Waals surface area contributed by atoms with Crippen molar-refractivity contribution >= 4 is 59.0 Å². The van der Waals surface area contributed by atoms with Crippen molar-refractivity contribution < 1.29 is 29.4 Å². The second-order valence-electron chi connectivity index (χ2n) is 7.07. The Labute approximate surface area is 170 Å². The molecule has 2 aliphatic heterocycles. The van der Waals surface area contributed by atoms with Gasteiger partial charge in [-0.2, -0.15) is 0 Å². The minimum absolute atomic E-state index is 0.0180. The summed E-state index contributed by atoms with van der Waals surface area (Å²) >= 11 is 4.11. The van der Waals surface area contributed by atoms with E-state index in [1.807, 2.05) is 13.8 Å². The number of carbonyl (C=O) groups is 4. The van der Waals surface area contributed by atoms with Gasteiger partial charge in [0.2, 0.25) is 11.8 Å². The lowest BCUT2D eigenvalue weighted by atomic mass is 9.96. The van der Waals surface area contributed by atoms with Crippen molar-refractivity contribution in [2.24, 2.45) is 0 Å². The van der Waals surface area contributed by atoms with E-state index in [0.717, 1.165) is 0 Å². The molecular weight excluding hydrogens is 412 g/mol. The quantitative estimate of drug-likeness (QED) is 0.453. The summed E-state index contributed by atoms with van der Waals surface area (Å²) in [6, 6.07) is -1.59. The Kier molecular flexibility index (Phi) is 7.01. The normalized spacial score (nSPS) is 28.1. The topological polar surface area (TPSA) is 124 Å². The lowest BCUT2D eigenvalue weighted by molar-refractivity contribution is -0.160. The van der Waals surface area contributed by atoms with Crippen LogP contribution in [0.4, 0.5) is 0 Å². The molecule has 0 aromatic carbocycles. The Morgan fingerprint density at radius 1 is 1.19 bits per heavy atom. The maximum Gasteiger partial charge on any atom is 0.327 e. The molecule has 2 saturated heterocycles. The van der Waals surface area contributed by atoms with Crippen molar-refractivity contribution in [1.82, 2.24) is 10.2 Å². The van der Waals surface area contributed by atoms with Crippen molar-refractivity contribution in [3.63, 3.8) is 0 Å². The number of amides is 2. The third kappa shape index (κ3) is 4.86. The van der Waals surface area contributed by atoms with Gasteiger partial charge in [-0.15, -0.1) is 35.3 Å². The van der Waals surface area contributed by atoms with Crippen molar-refractivity contribution in [3.05, 3.63) is 0 Å². The molecule has 0 aromatic heterocycles. The summed E-state index contributed by atoms with van der Waals surface area (Å²) in [7, 11) is 0. The lowest BCUT2D eigenvalue weighted by Crippen LogP contribution is -2.70. The van der Waals surface area contributed by atoms with Crippen LogP contribution in [-0.4, -0.2) is 83.1 Å². The molecule has 2 heterocycles. The van der Waals surface area contributed by atoms with Crippen LogP contribution in [0, 0.1) is 0 Å². The van der Waals surface area contributed by atoms with Crippen LogP contribution >= 0.6 is 35.3 Å². The number of β-lactam (4-membered cyclic amide) rings is 1. The van der Waals surface area contributed by atoms with E-state index in [1.54, 1.807) is 13.8 Å². The molecule has 2 amide bonds. The Balaban J connectivity index is 1.83. The Hall–Kier alpha value is -1.07. The zero-order valence-corrected chi connectivity index (χ0v) is 17.9. The first-order valence-corrected chi connectivity index (χ1v) is 11.4. The molecule has 0 saturated carbocycles. The third-order valence-electron chi connectivity index (χ3n) is 4.60. The fourth-order valence-corrected chi connectivity index (χ4v) is 6.58. The van der Waals surface area contributed by atoms with E-state index < -0.39 is 28.8 Å². The van der Waals surface area contributed by atoms with Crippen LogP contribution in [0.1, 0.15) is 27.7 Å². The first-order chi connectivity index (χ1) is 12.5. The molecule has 8 nitrogen and oxygen atoms in total. The number of hydrogen-bond acceptors (Lipinski definition) is 7. The molecule has 2 unspecified atom stereocenters. The van der Waals surface area contributed by atoms with E-state index in [4.69, 9.17) is 5.11 Å². The van der Waals surface area contributed by atoms with E-state index in [1.165, 1.54) is 40.2 Å². The van der Waals surface area contributed by atoms with Gasteiger partial charge >= 0.3 is 11.9 Å². The molecule has 2 fully saturated rings. The summed E-state index contributed by atoms with van der Waals surface area (Å²) in [5, 5.41) is 20.6. The molecule has 0 spiro atoms. The second kappa shape index (κ2) is 8.52. The number of carboxylic acid groups (broad SMARTS) is 2. The van der Waals surface area contributed by atoms with Crippen LogP contribution < -0.4 is 5.32 Å². The van der Waals surface area contributed by atoms with Gasteiger partial charge in [-0.1, -0.05) is 13.8 Å². The van der Waals surface area contributed by atoms with Gasteiger partial charge in [-0.25, -0.2) is 4.79 Å². The first-order valence-electron chi connectivity index (χ1n) is 8.43. The maximum absolute atomic E-state index is 12.3. The zero-order valence-electron chi connectivity index (χ0n) is 15.5. The summed E-state index contributed by atoms with van der Waals surface area (Å²) in [4.78, 5) is 48.0. The van der Waals surface area contributed by atoms with E-state index in [0.29, 0.717) is 0 Å². The van der Waals surface area contributed by atoms with Gasteiger partial charge in [0.25, 0.3) is 0 Å². The number of carbonyl (C=O) groups excluding carboxylic acids is 2. The van der Waals surface area contributed by atoms with E-state index in [2.05, 4.69) is 5.32 Å². The molecule has 2 aliphatic rings. The van der Waals surface area contributed by atoms with E-state index >= 15 is 0 Å². The number of aliphatic carboxylic acids is 2. The molecule has 3 N–H and O–H groups in total. The van der Waals surface area contributed by atoms with E-state index in [9.17, 15) is 24.3 Å². The van der Waals surface area contributed by atoms with Crippen LogP contribution in [-0.2, 0) is 19.2 Å². The maximum atomic E-state index is 12.3. The summed E-state index contributed by atoms with van der Waals surface area (Å²) in [6.45, 7) is 7.42. The van der Waals surface area contributed by atoms with Crippen LogP contribution in [0.25, 0.3) is 0 Å². The molecule has 0 aromatic rings. The number of nitrogens with zero attached hydrogens (tertiary/aromatic N) is 1. The van der Waals surface area contributed by atoms with Crippen LogP contribution in [0.5, 0.6) is 0 Å². The number of carboxylic acids is 2. The summed E-state index contributed by atoms with van der Waals surface area (Å²) < 4.78 is -0.619. The molecule has 0 bridgehead atoms. The smallest absolute Gasteiger partial charge is 0.327 e.